The van der Waals surface area contributed by atoms with Crippen molar-refractivity contribution in [3.63, 3.8) is 0 Å². The van der Waals surface area contributed by atoms with Gasteiger partial charge in [-0.3, -0.25) is 9.48 Å². The molecule has 0 aliphatic heterocycles. The number of hydrogen-bond acceptors (Lipinski definition) is 4. The first-order valence-corrected chi connectivity index (χ1v) is 8.71. The van der Waals surface area contributed by atoms with E-state index < -0.39 is 0 Å². The zero-order valence-corrected chi connectivity index (χ0v) is 14.7. The summed E-state index contributed by atoms with van der Waals surface area (Å²) in [6, 6.07) is 0.617. The number of aromatic nitrogens is 2. The molecular formula is C17H30N4O2. The molecule has 1 aliphatic carbocycles. The molecule has 1 fully saturated rings. The second kappa shape index (κ2) is 8.91. The smallest absolute Gasteiger partial charge is 0.257 e. The third kappa shape index (κ3) is 5.53. The number of carbonyl (C=O) groups is 1. The minimum Gasteiger partial charge on any atom is -0.480 e. The zero-order chi connectivity index (χ0) is 16.7. The summed E-state index contributed by atoms with van der Waals surface area (Å²) in [4.78, 5) is 11.9. The summed E-state index contributed by atoms with van der Waals surface area (Å²) in [5.74, 6) is 0.620. The van der Waals surface area contributed by atoms with Crippen molar-refractivity contribution < 1.29 is 9.53 Å². The Kier molecular flexibility index (Phi) is 6.89. The van der Waals surface area contributed by atoms with Crippen LogP contribution in [0.2, 0.25) is 0 Å². The summed E-state index contributed by atoms with van der Waals surface area (Å²) in [7, 11) is 1.87. The number of carbonyl (C=O) groups excluding carboxylic acids is 1. The van der Waals surface area contributed by atoms with Crippen molar-refractivity contribution in [2.45, 2.75) is 58.4 Å². The molecule has 1 heterocycles. The lowest BCUT2D eigenvalue weighted by Crippen LogP contribution is -2.38. The van der Waals surface area contributed by atoms with Crippen molar-refractivity contribution in [2.75, 3.05) is 19.7 Å². The predicted octanol–water partition coefficient (Wildman–Crippen LogP) is 1.84. The predicted molar refractivity (Wildman–Crippen MR) is 90.7 cm³/mol. The van der Waals surface area contributed by atoms with Gasteiger partial charge in [0, 0.05) is 26.2 Å². The zero-order valence-electron chi connectivity index (χ0n) is 14.7. The Bertz CT molecular complexity index is 505. The molecule has 23 heavy (non-hydrogen) atoms. The van der Waals surface area contributed by atoms with Crippen LogP contribution in [0, 0.1) is 13.8 Å². The number of nitrogens with zero attached hydrogens (tertiary/aromatic N) is 2. The Morgan fingerprint density at radius 3 is 2.52 bits per heavy atom. The summed E-state index contributed by atoms with van der Waals surface area (Å²) in [6.07, 6.45) is 7.88. The first-order chi connectivity index (χ1) is 11.1. The highest BCUT2D eigenvalue weighted by molar-refractivity contribution is 5.77. The summed E-state index contributed by atoms with van der Waals surface area (Å²) < 4.78 is 7.36. The van der Waals surface area contributed by atoms with Gasteiger partial charge in [0.2, 0.25) is 0 Å². The molecule has 0 saturated heterocycles. The van der Waals surface area contributed by atoms with Crippen LogP contribution in [-0.2, 0) is 11.8 Å². The molecule has 6 heteroatoms. The normalized spacial score (nSPS) is 16.1. The highest BCUT2D eigenvalue weighted by Crippen LogP contribution is 2.21. The first kappa shape index (κ1) is 17.8. The third-order valence-corrected chi connectivity index (χ3v) is 4.53. The van der Waals surface area contributed by atoms with E-state index in [4.69, 9.17) is 4.74 Å². The quantitative estimate of drug-likeness (QED) is 0.594. The fraction of sp³-hybridized carbons (Fsp3) is 0.765. The van der Waals surface area contributed by atoms with Crippen LogP contribution in [0.4, 0.5) is 0 Å². The number of hydrogen-bond donors (Lipinski definition) is 2. The molecule has 1 aromatic heterocycles. The number of amides is 1. The Morgan fingerprint density at radius 2 is 1.91 bits per heavy atom. The second-order valence-corrected chi connectivity index (χ2v) is 6.40. The molecule has 0 atom stereocenters. The maximum atomic E-state index is 11.9. The lowest BCUT2D eigenvalue weighted by atomic mass is 10.1. The maximum absolute atomic E-state index is 11.9. The van der Waals surface area contributed by atoms with Gasteiger partial charge in [-0.15, -0.1) is 0 Å². The van der Waals surface area contributed by atoms with Crippen molar-refractivity contribution in [3.05, 3.63) is 11.4 Å². The van der Waals surface area contributed by atoms with Gasteiger partial charge in [0.15, 0.2) is 12.4 Å². The minimum absolute atomic E-state index is 0.0385. The van der Waals surface area contributed by atoms with Crippen LogP contribution in [0.5, 0.6) is 5.75 Å². The van der Waals surface area contributed by atoms with Gasteiger partial charge in [0.25, 0.3) is 5.91 Å². The molecule has 0 radical (unpaired) electrons. The van der Waals surface area contributed by atoms with Crippen LogP contribution in [0.3, 0.4) is 0 Å². The average molecular weight is 322 g/mol. The van der Waals surface area contributed by atoms with Gasteiger partial charge in [-0.2, -0.15) is 5.10 Å². The molecule has 0 spiro atoms. The van der Waals surface area contributed by atoms with Gasteiger partial charge in [0.05, 0.1) is 5.69 Å². The fourth-order valence-electron chi connectivity index (χ4n) is 3.11. The molecule has 2 rings (SSSR count). The summed E-state index contributed by atoms with van der Waals surface area (Å²) in [5.41, 5.74) is 1.75. The van der Waals surface area contributed by atoms with E-state index in [-0.39, 0.29) is 12.5 Å². The number of nitrogens with one attached hydrogen (secondary N) is 2. The minimum atomic E-state index is -0.0877. The van der Waals surface area contributed by atoms with Crippen molar-refractivity contribution in [2.24, 2.45) is 7.05 Å². The molecule has 1 amide bonds. The van der Waals surface area contributed by atoms with Gasteiger partial charge in [0.1, 0.15) is 5.69 Å². The molecule has 1 aliphatic rings. The molecule has 130 valence electrons. The van der Waals surface area contributed by atoms with Crippen molar-refractivity contribution in [1.29, 1.82) is 0 Å². The summed E-state index contributed by atoms with van der Waals surface area (Å²) in [5, 5.41) is 10.7. The monoisotopic (exact) mass is 322 g/mol. The third-order valence-electron chi connectivity index (χ3n) is 4.53. The van der Waals surface area contributed by atoms with Crippen LogP contribution in [0.15, 0.2) is 0 Å². The lowest BCUT2D eigenvalue weighted by Gasteiger charge is -2.16. The van der Waals surface area contributed by atoms with E-state index in [1.165, 1.54) is 38.5 Å². The van der Waals surface area contributed by atoms with Gasteiger partial charge >= 0.3 is 0 Å². The van der Waals surface area contributed by atoms with Crippen LogP contribution < -0.4 is 15.4 Å². The Morgan fingerprint density at radius 1 is 1.22 bits per heavy atom. The lowest BCUT2D eigenvalue weighted by molar-refractivity contribution is -0.123. The standard InChI is InChI=1S/C17H30N4O2/c1-13-17(14(2)21(3)20-13)23-12-16(22)19-11-10-18-15-8-6-4-5-7-9-15/h15,18H,4-12H2,1-3H3,(H,19,22). The van der Waals surface area contributed by atoms with Gasteiger partial charge in [-0.25, -0.2) is 0 Å². The van der Waals surface area contributed by atoms with Crippen LogP contribution in [0.1, 0.15) is 49.9 Å². The van der Waals surface area contributed by atoms with E-state index in [9.17, 15) is 4.79 Å². The summed E-state index contributed by atoms with van der Waals surface area (Å²) in [6.45, 7) is 5.32. The number of aryl methyl sites for hydroxylation is 2. The van der Waals surface area contributed by atoms with E-state index >= 15 is 0 Å². The van der Waals surface area contributed by atoms with Gasteiger partial charge in [-0.1, -0.05) is 25.7 Å². The Balaban J connectivity index is 1.61. The van der Waals surface area contributed by atoms with Crippen LogP contribution >= 0.6 is 0 Å². The van der Waals surface area contributed by atoms with E-state index in [1.54, 1.807) is 4.68 Å². The van der Waals surface area contributed by atoms with Crippen molar-refractivity contribution in [3.8, 4) is 5.75 Å². The van der Waals surface area contributed by atoms with Crippen LogP contribution in [0.25, 0.3) is 0 Å². The van der Waals surface area contributed by atoms with E-state index in [2.05, 4.69) is 15.7 Å². The molecule has 0 aromatic carbocycles. The van der Waals surface area contributed by atoms with Crippen LogP contribution in [-0.4, -0.2) is 41.4 Å². The Hall–Kier alpha value is -1.56. The summed E-state index contributed by atoms with van der Waals surface area (Å²) >= 11 is 0. The molecular weight excluding hydrogens is 292 g/mol. The highest BCUT2D eigenvalue weighted by atomic mass is 16.5. The fourth-order valence-corrected chi connectivity index (χ4v) is 3.11. The number of ether oxygens (including phenoxy) is 1. The molecule has 1 saturated carbocycles. The van der Waals surface area contributed by atoms with E-state index in [0.29, 0.717) is 18.3 Å². The van der Waals surface area contributed by atoms with Crippen molar-refractivity contribution >= 4 is 5.91 Å². The second-order valence-electron chi connectivity index (χ2n) is 6.40. The highest BCUT2D eigenvalue weighted by Gasteiger charge is 2.13. The van der Waals surface area contributed by atoms with Gasteiger partial charge in [-0.05, 0) is 26.7 Å². The SMILES string of the molecule is Cc1nn(C)c(C)c1OCC(=O)NCCNC1CCCCCC1. The number of rotatable bonds is 7. The molecule has 2 N–H and O–H groups in total. The maximum Gasteiger partial charge on any atom is 0.257 e. The molecule has 0 bridgehead atoms. The largest absolute Gasteiger partial charge is 0.480 e. The molecule has 0 unspecified atom stereocenters. The molecule has 6 nitrogen and oxygen atoms in total. The molecule has 1 aromatic rings. The van der Waals surface area contributed by atoms with Crippen molar-refractivity contribution in [1.82, 2.24) is 20.4 Å². The average Bonchev–Trinajstić information content (AvgIpc) is 2.73. The Labute approximate surface area is 139 Å². The van der Waals surface area contributed by atoms with E-state index in [1.807, 2.05) is 20.9 Å². The topological polar surface area (TPSA) is 68.2 Å². The van der Waals surface area contributed by atoms with E-state index in [0.717, 1.165) is 17.9 Å². The first-order valence-electron chi connectivity index (χ1n) is 8.71. The van der Waals surface area contributed by atoms with Gasteiger partial charge < -0.3 is 15.4 Å².